The minimum Gasteiger partial charge on any atom is -0.478 e. The Hall–Kier alpha value is -2.11. The van der Waals surface area contributed by atoms with E-state index in [1.54, 1.807) is 18.3 Å². The average molecular weight is 334 g/mol. The molecular weight excluding hydrogens is 308 g/mol. The molecule has 0 spiro atoms. The molecule has 0 aliphatic carbocycles. The number of carbonyl (C=O) groups is 2. The van der Waals surface area contributed by atoms with E-state index in [0.29, 0.717) is 18.2 Å². The third-order valence-corrected chi connectivity index (χ3v) is 4.11. The fourth-order valence-corrected chi connectivity index (χ4v) is 2.96. The van der Waals surface area contributed by atoms with Crippen LogP contribution < -0.4 is 4.90 Å². The number of carbonyl (C=O) groups excluding carboxylic acids is 1. The van der Waals surface area contributed by atoms with Gasteiger partial charge in [-0.15, -0.1) is 0 Å². The minimum absolute atomic E-state index is 0.150. The molecule has 1 aromatic rings. The number of esters is 1. The quantitative estimate of drug-likeness (QED) is 0.834. The molecule has 0 unspecified atom stereocenters. The largest absolute Gasteiger partial charge is 0.478 e. The monoisotopic (exact) mass is 334 g/mol. The zero-order valence-corrected chi connectivity index (χ0v) is 14.6. The molecule has 1 aliphatic rings. The second kappa shape index (κ2) is 7.64. The van der Waals surface area contributed by atoms with Gasteiger partial charge in [-0.2, -0.15) is 0 Å². The van der Waals surface area contributed by atoms with Gasteiger partial charge in [-0.3, -0.25) is 4.79 Å². The maximum Gasteiger partial charge on any atom is 0.339 e. The van der Waals surface area contributed by atoms with Crippen LogP contribution in [0.4, 0.5) is 5.82 Å². The molecule has 1 N–H and O–H groups in total. The van der Waals surface area contributed by atoms with E-state index in [1.807, 2.05) is 25.7 Å². The first-order chi connectivity index (χ1) is 11.3. The van der Waals surface area contributed by atoms with Gasteiger partial charge in [-0.05, 0) is 58.1 Å². The van der Waals surface area contributed by atoms with Gasteiger partial charge >= 0.3 is 11.9 Å². The van der Waals surface area contributed by atoms with Crippen LogP contribution in [0, 0.1) is 5.92 Å². The molecule has 0 atom stereocenters. The number of anilines is 1. The van der Waals surface area contributed by atoms with Crippen molar-refractivity contribution in [2.75, 3.05) is 18.0 Å². The van der Waals surface area contributed by atoms with Gasteiger partial charge < -0.3 is 14.7 Å². The van der Waals surface area contributed by atoms with E-state index in [2.05, 4.69) is 4.98 Å². The lowest BCUT2D eigenvalue weighted by Gasteiger charge is -2.33. The molecule has 6 heteroatoms. The third kappa shape index (κ3) is 5.22. The average Bonchev–Trinajstić information content (AvgIpc) is 2.52. The zero-order valence-electron chi connectivity index (χ0n) is 14.6. The molecule has 6 nitrogen and oxygen atoms in total. The fraction of sp³-hybridized carbons (Fsp3) is 0.611. The molecule has 0 saturated carbocycles. The molecule has 2 rings (SSSR count). The number of carboxylic acids is 1. The number of hydrogen-bond donors (Lipinski definition) is 1. The van der Waals surface area contributed by atoms with E-state index in [9.17, 15) is 14.7 Å². The summed E-state index contributed by atoms with van der Waals surface area (Å²) in [7, 11) is 0. The van der Waals surface area contributed by atoms with Crippen molar-refractivity contribution < 1.29 is 19.4 Å². The lowest BCUT2D eigenvalue weighted by atomic mass is 9.92. The zero-order chi connectivity index (χ0) is 17.7. The molecule has 132 valence electrons. The Morgan fingerprint density at radius 2 is 2.00 bits per heavy atom. The maximum atomic E-state index is 11.8. The molecule has 0 aromatic carbocycles. The van der Waals surface area contributed by atoms with Crippen molar-refractivity contribution >= 4 is 17.8 Å². The molecule has 0 amide bonds. The number of nitrogens with zero attached hydrogens (tertiary/aromatic N) is 2. The topological polar surface area (TPSA) is 79.7 Å². The standard InChI is InChI=1S/C18H26N2O4/c1-18(2,3)24-15(21)7-6-13-8-11-20(12-9-13)16-14(17(22)23)5-4-10-19-16/h4-5,10,13H,6-9,11-12H2,1-3H3,(H,22,23). The van der Waals surface area contributed by atoms with Crippen LogP contribution in [-0.4, -0.2) is 40.7 Å². The first kappa shape index (κ1) is 18.2. The first-order valence-corrected chi connectivity index (χ1v) is 8.41. The van der Waals surface area contributed by atoms with Crippen molar-refractivity contribution in [3.05, 3.63) is 23.9 Å². The lowest BCUT2D eigenvalue weighted by molar-refractivity contribution is -0.155. The summed E-state index contributed by atoms with van der Waals surface area (Å²) in [5.74, 6) is -0.102. The number of hydrogen-bond acceptors (Lipinski definition) is 5. The molecule has 0 bridgehead atoms. The molecule has 1 saturated heterocycles. The van der Waals surface area contributed by atoms with E-state index < -0.39 is 11.6 Å². The Morgan fingerprint density at radius 1 is 1.33 bits per heavy atom. The number of piperidine rings is 1. The Balaban J connectivity index is 1.84. The van der Waals surface area contributed by atoms with Crippen LogP contribution in [0.15, 0.2) is 18.3 Å². The molecule has 1 fully saturated rings. The van der Waals surface area contributed by atoms with Gasteiger partial charge in [-0.1, -0.05) is 0 Å². The van der Waals surface area contributed by atoms with Crippen molar-refractivity contribution in [1.82, 2.24) is 4.98 Å². The number of aromatic carboxylic acids is 1. The summed E-state index contributed by atoms with van der Waals surface area (Å²) in [4.78, 5) is 29.4. The predicted octanol–water partition coefficient (Wildman–Crippen LogP) is 3.12. The molecule has 1 aromatic heterocycles. The van der Waals surface area contributed by atoms with Crippen molar-refractivity contribution in [3.8, 4) is 0 Å². The highest BCUT2D eigenvalue weighted by atomic mass is 16.6. The Morgan fingerprint density at radius 3 is 2.58 bits per heavy atom. The van der Waals surface area contributed by atoms with Crippen LogP contribution in [0.5, 0.6) is 0 Å². The van der Waals surface area contributed by atoms with Crippen LogP contribution in [0.1, 0.15) is 56.8 Å². The molecule has 0 radical (unpaired) electrons. The summed E-state index contributed by atoms with van der Waals surface area (Å²) in [6.45, 7) is 7.13. The fourth-order valence-electron chi connectivity index (χ4n) is 2.96. The molecular formula is C18H26N2O4. The van der Waals surface area contributed by atoms with Crippen LogP contribution in [0.25, 0.3) is 0 Å². The second-order valence-corrected chi connectivity index (χ2v) is 7.24. The summed E-state index contributed by atoms with van der Waals surface area (Å²) in [5.41, 5.74) is -0.197. The number of aromatic nitrogens is 1. The van der Waals surface area contributed by atoms with Gasteiger partial charge in [0.1, 0.15) is 17.0 Å². The molecule has 1 aliphatic heterocycles. The SMILES string of the molecule is CC(C)(C)OC(=O)CCC1CCN(c2ncccc2C(=O)O)CC1. The van der Waals surface area contributed by atoms with Gasteiger partial charge in [0, 0.05) is 25.7 Å². The normalized spacial score (nSPS) is 16.0. The van der Waals surface area contributed by atoms with E-state index in [-0.39, 0.29) is 11.5 Å². The Kier molecular flexibility index (Phi) is 5.80. The van der Waals surface area contributed by atoms with Crippen LogP contribution in [-0.2, 0) is 9.53 Å². The minimum atomic E-state index is -0.954. The van der Waals surface area contributed by atoms with Crippen molar-refractivity contribution in [2.24, 2.45) is 5.92 Å². The van der Waals surface area contributed by atoms with Crippen molar-refractivity contribution in [1.29, 1.82) is 0 Å². The van der Waals surface area contributed by atoms with E-state index in [1.165, 1.54) is 0 Å². The van der Waals surface area contributed by atoms with Crippen molar-refractivity contribution in [3.63, 3.8) is 0 Å². The Labute approximate surface area is 142 Å². The lowest BCUT2D eigenvalue weighted by Crippen LogP contribution is -2.35. The summed E-state index contributed by atoms with van der Waals surface area (Å²) in [5, 5.41) is 9.27. The number of carboxylic acid groups (broad SMARTS) is 1. The highest BCUT2D eigenvalue weighted by Gasteiger charge is 2.25. The molecule has 2 heterocycles. The summed E-state index contributed by atoms with van der Waals surface area (Å²) >= 11 is 0. The van der Waals surface area contributed by atoms with Crippen LogP contribution in [0.3, 0.4) is 0 Å². The Bertz CT molecular complexity index is 587. The van der Waals surface area contributed by atoms with Crippen molar-refractivity contribution in [2.45, 2.75) is 52.1 Å². The first-order valence-electron chi connectivity index (χ1n) is 8.41. The van der Waals surface area contributed by atoms with Gasteiger partial charge in [0.15, 0.2) is 0 Å². The second-order valence-electron chi connectivity index (χ2n) is 7.24. The number of pyridine rings is 1. The van der Waals surface area contributed by atoms with E-state index >= 15 is 0 Å². The van der Waals surface area contributed by atoms with Gasteiger partial charge in [0.25, 0.3) is 0 Å². The summed E-state index contributed by atoms with van der Waals surface area (Å²) < 4.78 is 5.34. The van der Waals surface area contributed by atoms with Crippen LogP contribution in [0.2, 0.25) is 0 Å². The van der Waals surface area contributed by atoms with Crippen LogP contribution >= 0.6 is 0 Å². The number of ether oxygens (including phenoxy) is 1. The number of rotatable bonds is 5. The third-order valence-electron chi connectivity index (χ3n) is 4.11. The highest BCUT2D eigenvalue weighted by Crippen LogP contribution is 2.27. The van der Waals surface area contributed by atoms with Gasteiger partial charge in [-0.25, -0.2) is 9.78 Å². The highest BCUT2D eigenvalue weighted by molar-refractivity contribution is 5.93. The summed E-state index contributed by atoms with van der Waals surface area (Å²) in [6, 6.07) is 3.22. The maximum absolute atomic E-state index is 11.8. The smallest absolute Gasteiger partial charge is 0.339 e. The molecule has 24 heavy (non-hydrogen) atoms. The van der Waals surface area contributed by atoms with E-state index in [0.717, 1.165) is 32.4 Å². The summed E-state index contributed by atoms with van der Waals surface area (Å²) in [6.07, 6.45) is 4.73. The van der Waals surface area contributed by atoms with E-state index in [4.69, 9.17) is 4.74 Å². The van der Waals surface area contributed by atoms with Gasteiger partial charge in [0.2, 0.25) is 0 Å². The van der Waals surface area contributed by atoms with Gasteiger partial charge in [0.05, 0.1) is 0 Å². The predicted molar refractivity (Wildman–Crippen MR) is 91.2 cm³/mol.